The third kappa shape index (κ3) is 2.10. The zero-order chi connectivity index (χ0) is 12.5. The van der Waals surface area contributed by atoms with Crippen LogP contribution in [0, 0.1) is 30.1 Å². The molecule has 0 N–H and O–H groups in total. The molecule has 2 unspecified atom stereocenters. The van der Waals surface area contributed by atoms with Gasteiger partial charge in [-0.05, 0) is 55.7 Å². The molecule has 2 heteroatoms. The minimum Gasteiger partial charge on any atom is -0.370 e. The molecule has 18 heavy (non-hydrogen) atoms. The second kappa shape index (κ2) is 4.65. The van der Waals surface area contributed by atoms with Crippen LogP contribution >= 0.6 is 0 Å². The smallest absolute Gasteiger partial charge is 0.101 e. The number of fused-ring (bicyclic) bond motifs is 2. The van der Waals surface area contributed by atoms with Crippen molar-refractivity contribution in [3.63, 3.8) is 0 Å². The van der Waals surface area contributed by atoms with Gasteiger partial charge in [0, 0.05) is 13.1 Å². The molecule has 0 aromatic heterocycles. The van der Waals surface area contributed by atoms with Crippen molar-refractivity contribution in [1.29, 1.82) is 5.26 Å². The van der Waals surface area contributed by atoms with Gasteiger partial charge in [-0.2, -0.15) is 5.26 Å². The van der Waals surface area contributed by atoms with Crippen LogP contribution in [0.25, 0.3) is 0 Å². The zero-order valence-electron chi connectivity index (χ0n) is 11.0. The highest BCUT2D eigenvalue weighted by Crippen LogP contribution is 2.37. The van der Waals surface area contributed by atoms with Crippen LogP contribution in [0.2, 0.25) is 0 Å². The number of anilines is 1. The van der Waals surface area contributed by atoms with Crippen LogP contribution in [0.1, 0.15) is 36.8 Å². The maximum atomic E-state index is 9.27. The summed E-state index contributed by atoms with van der Waals surface area (Å²) in [7, 11) is 0. The van der Waals surface area contributed by atoms with Crippen molar-refractivity contribution in [1.82, 2.24) is 0 Å². The first kappa shape index (κ1) is 11.6. The lowest BCUT2D eigenvalue weighted by atomic mass is 9.77. The molecule has 1 aromatic rings. The first-order valence-corrected chi connectivity index (χ1v) is 7.02. The van der Waals surface area contributed by atoms with Gasteiger partial charge in [-0.25, -0.2) is 0 Å². The first-order valence-electron chi connectivity index (χ1n) is 7.02. The van der Waals surface area contributed by atoms with Crippen LogP contribution < -0.4 is 4.90 Å². The summed E-state index contributed by atoms with van der Waals surface area (Å²) in [5, 5.41) is 9.27. The van der Waals surface area contributed by atoms with Crippen molar-refractivity contribution >= 4 is 5.69 Å². The van der Waals surface area contributed by atoms with Gasteiger partial charge in [-0.15, -0.1) is 0 Å². The monoisotopic (exact) mass is 240 g/mol. The SMILES string of the molecule is Cc1ccc(C#N)c(N2CC3CCCC(C3)C2)c1. The predicted molar refractivity (Wildman–Crippen MR) is 73.6 cm³/mol. The molecule has 1 heterocycles. The third-order valence-electron chi connectivity index (χ3n) is 4.46. The Kier molecular flexibility index (Phi) is 2.99. The molecule has 1 saturated carbocycles. The second-order valence-electron chi connectivity index (χ2n) is 5.94. The van der Waals surface area contributed by atoms with Gasteiger partial charge in [0.15, 0.2) is 0 Å². The van der Waals surface area contributed by atoms with Gasteiger partial charge >= 0.3 is 0 Å². The molecule has 1 aromatic carbocycles. The molecule has 2 nitrogen and oxygen atoms in total. The van der Waals surface area contributed by atoms with Gasteiger partial charge in [0.1, 0.15) is 6.07 Å². The van der Waals surface area contributed by atoms with E-state index in [1.165, 1.54) is 31.2 Å². The van der Waals surface area contributed by atoms with E-state index in [2.05, 4.69) is 24.0 Å². The van der Waals surface area contributed by atoms with Crippen molar-refractivity contribution in [2.45, 2.75) is 32.6 Å². The highest BCUT2D eigenvalue weighted by atomic mass is 15.1. The molecule has 2 aliphatic rings. The Balaban J connectivity index is 1.90. The standard InChI is InChI=1S/C16H20N2/c1-12-5-6-15(9-17)16(7-12)18-10-13-3-2-4-14(8-13)11-18/h5-7,13-14H,2-4,8,10-11H2,1H3. The number of piperidine rings is 1. The van der Waals surface area contributed by atoms with E-state index in [0.717, 1.165) is 36.2 Å². The Morgan fingerprint density at radius 2 is 1.94 bits per heavy atom. The van der Waals surface area contributed by atoms with Gasteiger partial charge in [0.05, 0.1) is 11.3 Å². The van der Waals surface area contributed by atoms with Gasteiger partial charge in [-0.1, -0.05) is 12.5 Å². The Labute approximate surface area is 109 Å². The van der Waals surface area contributed by atoms with E-state index in [1.54, 1.807) is 0 Å². The van der Waals surface area contributed by atoms with E-state index in [9.17, 15) is 5.26 Å². The molecule has 0 spiro atoms. The van der Waals surface area contributed by atoms with Crippen molar-refractivity contribution in [2.75, 3.05) is 18.0 Å². The fraction of sp³-hybridized carbons (Fsp3) is 0.562. The fourth-order valence-corrected chi connectivity index (χ4v) is 3.63. The maximum absolute atomic E-state index is 9.27. The lowest BCUT2D eigenvalue weighted by molar-refractivity contribution is 0.231. The number of rotatable bonds is 1. The second-order valence-corrected chi connectivity index (χ2v) is 5.94. The first-order chi connectivity index (χ1) is 8.76. The van der Waals surface area contributed by atoms with Crippen LogP contribution in [0.5, 0.6) is 0 Å². The van der Waals surface area contributed by atoms with Crippen LogP contribution in [0.15, 0.2) is 18.2 Å². The number of hydrogen-bond acceptors (Lipinski definition) is 2. The summed E-state index contributed by atoms with van der Waals surface area (Å²) in [4.78, 5) is 2.46. The molecular formula is C16H20N2. The maximum Gasteiger partial charge on any atom is 0.101 e. The van der Waals surface area contributed by atoms with E-state index in [4.69, 9.17) is 0 Å². The fourth-order valence-electron chi connectivity index (χ4n) is 3.63. The Morgan fingerprint density at radius 1 is 1.22 bits per heavy atom. The lowest BCUT2D eigenvalue weighted by Gasteiger charge is -2.42. The number of benzene rings is 1. The topological polar surface area (TPSA) is 27.0 Å². The number of nitrogens with zero attached hydrogens (tertiary/aromatic N) is 2. The minimum atomic E-state index is 0.834. The van der Waals surface area contributed by atoms with Crippen LogP contribution in [0.3, 0.4) is 0 Å². The average Bonchev–Trinajstić information content (AvgIpc) is 2.38. The normalized spacial score (nSPS) is 26.8. The van der Waals surface area contributed by atoms with E-state index in [0.29, 0.717) is 0 Å². The lowest BCUT2D eigenvalue weighted by Crippen LogP contribution is -2.43. The zero-order valence-corrected chi connectivity index (χ0v) is 11.0. The molecule has 1 aliphatic heterocycles. The summed E-state index contributed by atoms with van der Waals surface area (Å²) in [6.07, 6.45) is 5.56. The molecule has 0 amide bonds. The van der Waals surface area contributed by atoms with Gasteiger partial charge in [0.25, 0.3) is 0 Å². The summed E-state index contributed by atoms with van der Waals surface area (Å²) in [6, 6.07) is 8.53. The van der Waals surface area contributed by atoms with Crippen molar-refractivity contribution in [3.8, 4) is 6.07 Å². The molecule has 2 fully saturated rings. The average molecular weight is 240 g/mol. The molecule has 2 atom stereocenters. The largest absolute Gasteiger partial charge is 0.370 e. The van der Waals surface area contributed by atoms with Crippen molar-refractivity contribution in [2.24, 2.45) is 11.8 Å². The number of hydrogen-bond donors (Lipinski definition) is 0. The molecule has 0 radical (unpaired) electrons. The van der Waals surface area contributed by atoms with Gasteiger partial charge in [-0.3, -0.25) is 0 Å². The van der Waals surface area contributed by atoms with E-state index >= 15 is 0 Å². The van der Waals surface area contributed by atoms with E-state index in [1.807, 2.05) is 12.1 Å². The molecule has 3 rings (SSSR count). The summed E-state index contributed by atoms with van der Waals surface area (Å²) in [6.45, 7) is 4.40. The van der Waals surface area contributed by atoms with Crippen molar-refractivity contribution < 1.29 is 0 Å². The number of aryl methyl sites for hydroxylation is 1. The summed E-state index contributed by atoms with van der Waals surface area (Å²) in [5.74, 6) is 1.70. The van der Waals surface area contributed by atoms with Crippen molar-refractivity contribution in [3.05, 3.63) is 29.3 Å². The molecule has 2 bridgehead atoms. The molecular weight excluding hydrogens is 220 g/mol. The summed E-state index contributed by atoms with van der Waals surface area (Å²) >= 11 is 0. The quantitative estimate of drug-likeness (QED) is 0.751. The molecule has 1 saturated heterocycles. The summed E-state index contributed by atoms with van der Waals surface area (Å²) < 4.78 is 0. The summed E-state index contributed by atoms with van der Waals surface area (Å²) in [5.41, 5.74) is 3.24. The highest BCUT2D eigenvalue weighted by Gasteiger charge is 2.31. The van der Waals surface area contributed by atoms with E-state index in [-0.39, 0.29) is 0 Å². The molecule has 94 valence electrons. The Bertz CT molecular complexity index is 474. The van der Waals surface area contributed by atoms with Gasteiger partial charge in [0.2, 0.25) is 0 Å². The highest BCUT2D eigenvalue weighted by molar-refractivity contribution is 5.61. The Morgan fingerprint density at radius 3 is 2.61 bits per heavy atom. The Hall–Kier alpha value is -1.49. The van der Waals surface area contributed by atoms with Crippen LogP contribution in [-0.4, -0.2) is 13.1 Å². The van der Waals surface area contributed by atoms with Crippen LogP contribution in [0.4, 0.5) is 5.69 Å². The van der Waals surface area contributed by atoms with Crippen LogP contribution in [-0.2, 0) is 0 Å². The predicted octanol–water partition coefficient (Wildman–Crippen LogP) is 3.49. The minimum absolute atomic E-state index is 0.834. The third-order valence-corrected chi connectivity index (χ3v) is 4.46. The van der Waals surface area contributed by atoms with E-state index < -0.39 is 0 Å². The molecule has 1 aliphatic carbocycles. The van der Waals surface area contributed by atoms with Gasteiger partial charge < -0.3 is 4.90 Å². The number of nitriles is 1.